The average molecular weight is 313 g/mol. The van der Waals surface area contributed by atoms with E-state index in [9.17, 15) is 0 Å². The molecule has 7 nitrogen and oxygen atoms in total. The summed E-state index contributed by atoms with van der Waals surface area (Å²) in [5, 5.41) is 11.1. The van der Waals surface area contributed by atoms with E-state index in [1.807, 2.05) is 13.0 Å². The van der Waals surface area contributed by atoms with Crippen LogP contribution in [0.15, 0.2) is 18.5 Å². The second-order valence-corrected chi connectivity index (χ2v) is 6.36. The predicted octanol–water partition coefficient (Wildman–Crippen LogP) is 2.32. The average Bonchev–Trinajstić information content (AvgIpc) is 3.09. The molecule has 1 atom stereocenters. The highest BCUT2D eigenvalue weighted by molar-refractivity contribution is 7.16. The Hall–Kier alpha value is -2.32. The Morgan fingerprint density at radius 2 is 2.32 bits per heavy atom. The van der Waals surface area contributed by atoms with Gasteiger partial charge in [0.25, 0.3) is 0 Å². The van der Waals surface area contributed by atoms with Crippen LogP contribution in [0, 0.1) is 6.92 Å². The van der Waals surface area contributed by atoms with Gasteiger partial charge >= 0.3 is 0 Å². The van der Waals surface area contributed by atoms with E-state index in [0.717, 1.165) is 40.6 Å². The molecule has 3 heterocycles. The van der Waals surface area contributed by atoms with Crippen molar-refractivity contribution in [2.75, 3.05) is 5.32 Å². The fraction of sp³-hybridized carbons (Fsp3) is 0.286. The van der Waals surface area contributed by atoms with E-state index in [1.54, 1.807) is 23.7 Å². The Balaban J connectivity index is 1.71. The third-order valence-electron chi connectivity index (χ3n) is 3.69. The lowest BCUT2D eigenvalue weighted by atomic mass is 10.1. The maximum absolute atomic E-state index is 6.18. The molecule has 3 aromatic heterocycles. The number of aryl methyl sites for hydroxylation is 2. The molecule has 8 heteroatoms. The first kappa shape index (κ1) is 13.4. The largest absolute Gasteiger partial charge is 0.323 e. The smallest absolute Gasteiger partial charge is 0.229 e. The topological polar surface area (TPSA) is 105 Å². The van der Waals surface area contributed by atoms with Crippen molar-refractivity contribution in [3.05, 3.63) is 34.7 Å². The molecule has 1 aliphatic rings. The number of anilines is 2. The van der Waals surface area contributed by atoms with Gasteiger partial charge in [-0.15, -0.1) is 11.3 Å². The lowest BCUT2D eigenvalue weighted by molar-refractivity contribution is 0.641. The van der Waals surface area contributed by atoms with Crippen LogP contribution < -0.4 is 11.1 Å². The number of hydrogen-bond donors (Lipinski definition) is 3. The summed E-state index contributed by atoms with van der Waals surface area (Å²) in [5.74, 6) is 0.563. The van der Waals surface area contributed by atoms with E-state index in [2.05, 4.69) is 25.5 Å². The third kappa shape index (κ3) is 2.26. The Bertz CT molecular complexity index is 822. The summed E-state index contributed by atoms with van der Waals surface area (Å²) in [6.07, 6.45) is 5.32. The van der Waals surface area contributed by atoms with E-state index in [-0.39, 0.29) is 6.04 Å². The summed E-state index contributed by atoms with van der Waals surface area (Å²) in [7, 11) is 0. The van der Waals surface area contributed by atoms with Crippen LogP contribution in [-0.2, 0) is 6.42 Å². The number of nitrogens with zero attached hydrogens (tertiary/aromatic N) is 4. The van der Waals surface area contributed by atoms with E-state index < -0.39 is 0 Å². The van der Waals surface area contributed by atoms with Crippen molar-refractivity contribution in [2.45, 2.75) is 25.8 Å². The fourth-order valence-electron chi connectivity index (χ4n) is 2.59. The molecule has 4 N–H and O–H groups in total. The molecular weight excluding hydrogens is 298 g/mol. The summed E-state index contributed by atoms with van der Waals surface area (Å²) in [6.45, 7) is 1.93. The molecule has 1 aliphatic carbocycles. The van der Waals surface area contributed by atoms with Gasteiger partial charge in [-0.1, -0.05) is 0 Å². The van der Waals surface area contributed by atoms with Crippen LogP contribution in [-0.4, -0.2) is 25.1 Å². The van der Waals surface area contributed by atoms with Crippen LogP contribution in [0.2, 0.25) is 0 Å². The highest BCUT2D eigenvalue weighted by Crippen LogP contribution is 2.39. The summed E-state index contributed by atoms with van der Waals surface area (Å²) in [4.78, 5) is 14.5. The second-order valence-electron chi connectivity index (χ2n) is 5.28. The summed E-state index contributed by atoms with van der Waals surface area (Å²) in [6, 6.07) is 1.84. The van der Waals surface area contributed by atoms with Gasteiger partial charge < -0.3 is 11.1 Å². The molecule has 22 heavy (non-hydrogen) atoms. The molecule has 0 bridgehead atoms. The van der Waals surface area contributed by atoms with Gasteiger partial charge in [0, 0.05) is 28.4 Å². The van der Waals surface area contributed by atoms with Gasteiger partial charge in [0.2, 0.25) is 5.95 Å². The monoisotopic (exact) mass is 313 g/mol. The Kier molecular flexibility index (Phi) is 3.12. The molecular formula is C14H15N7S. The highest BCUT2D eigenvalue weighted by atomic mass is 32.1. The number of fused-ring (bicyclic) bond motifs is 3. The first-order valence-electron chi connectivity index (χ1n) is 7.06. The molecule has 3 aromatic rings. The Labute approximate surface area is 131 Å². The van der Waals surface area contributed by atoms with Gasteiger partial charge in [-0.2, -0.15) is 5.10 Å². The summed E-state index contributed by atoms with van der Waals surface area (Å²) < 4.78 is 0. The number of aromatic nitrogens is 5. The maximum Gasteiger partial charge on any atom is 0.229 e. The van der Waals surface area contributed by atoms with E-state index in [0.29, 0.717) is 5.95 Å². The number of aromatic amines is 1. The molecule has 0 saturated carbocycles. The molecule has 0 aromatic carbocycles. The zero-order valence-corrected chi connectivity index (χ0v) is 12.8. The van der Waals surface area contributed by atoms with Gasteiger partial charge in [0.05, 0.1) is 17.6 Å². The summed E-state index contributed by atoms with van der Waals surface area (Å²) >= 11 is 1.62. The molecule has 0 fully saturated rings. The van der Waals surface area contributed by atoms with Gasteiger partial charge in [0.1, 0.15) is 0 Å². The molecule has 1 unspecified atom stereocenters. The number of nitrogens with two attached hydrogens (primary N) is 1. The zero-order valence-electron chi connectivity index (χ0n) is 12.0. The Morgan fingerprint density at radius 3 is 3.18 bits per heavy atom. The lowest BCUT2D eigenvalue weighted by Crippen LogP contribution is -2.11. The van der Waals surface area contributed by atoms with Crippen molar-refractivity contribution in [1.29, 1.82) is 0 Å². The van der Waals surface area contributed by atoms with Gasteiger partial charge in [0.15, 0.2) is 5.13 Å². The van der Waals surface area contributed by atoms with E-state index in [4.69, 9.17) is 10.7 Å². The Morgan fingerprint density at radius 1 is 1.41 bits per heavy atom. The quantitative estimate of drug-likeness (QED) is 0.670. The van der Waals surface area contributed by atoms with E-state index in [1.165, 1.54) is 4.88 Å². The minimum Gasteiger partial charge on any atom is -0.323 e. The second kappa shape index (κ2) is 5.15. The standard InChI is InChI=1S/C14H15N7S/c1-7-4-5-16-13(18-7)20-14-19-12-8-6-17-21-11(8)9(15)2-3-10(12)22-14/h4-6,9H,2-3,15H2,1H3,(H,17,21)(H,16,18,19,20). The van der Waals surface area contributed by atoms with E-state index >= 15 is 0 Å². The molecule has 112 valence electrons. The lowest BCUT2D eigenvalue weighted by Gasteiger charge is -2.06. The molecule has 0 radical (unpaired) electrons. The number of nitrogens with one attached hydrogen (secondary N) is 2. The van der Waals surface area contributed by atoms with Crippen molar-refractivity contribution in [3.63, 3.8) is 0 Å². The SMILES string of the molecule is Cc1ccnc(Nc2nc3c(s2)CCC(N)c2[nH]ncc2-3)n1. The van der Waals surface area contributed by atoms with Crippen LogP contribution in [0.25, 0.3) is 11.3 Å². The van der Waals surface area contributed by atoms with Crippen molar-refractivity contribution in [1.82, 2.24) is 25.1 Å². The first-order chi connectivity index (χ1) is 10.7. The molecule has 4 rings (SSSR count). The number of hydrogen-bond acceptors (Lipinski definition) is 7. The van der Waals surface area contributed by atoms with Crippen molar-refractivity contribution in [3.8, 4) is 11.3 Å². The van der Waals surface area contributed by atoms with Gasteiger partial charge in [-0.05, 0) is 25.8 Å². The van der Waals surface area contributed by atoms with Crippen molar-refractivity contribution in [2.24, 2.45) is 5.73 Å². The zero-order chi connectivity index (χ0) is 15.1. The predicted molar refractivity (Wildman–Crippen MR) is 85.0 cm³/mol. The van der Waals surface area contributed by atoms with Gasteiger partial charge in [-0.25, -0.2) is 15.0 Å². The number of H-pyrrole nitrogens is 1. The van der Waals surface area contributed by atoms with Gasteiger partial charge in [-0.3, -0.25) is 5.10 Å². The normalized spacial score (nSPS) is 16.7. The minimum atomic E-state index is -0.0181. The van der Waals surface area contributed by atoms with Crippen LogP contribution in [0.1, 0.15) is 28.7 Å². The van der Waals surface area contributed by atoms with Crippen molar-refractivity contribution >= 4 is 22.4 Å². The highest BCUT2D eigenvalue weighted by Gasteiger charge is 2.25. The maximum atomic E-state index is 6.18. The van der Waals surface area contributed by atoms with Crippen LogP contribution in [0.5, 0.6) is 0 Å². The minimum absolute atomic E-state index is 0.0181. The summed E-state index contributed by atoms with van der Waals surface area (Å²) in [5.41, 5.74) is 10.0. The molecule has 0 spiro atoms. The molecule has 0 aliphatic heterocycles. The van der Waals surface area contributed by atoms with Crippen molar-refractivity contribution < 1.29 is 0 Å². The van der Waals surface area contributed by atoms with Crippen LogP contribution in [0.3, 0.4) is 0 Å². The molecule has 0 saturated heterocycles. The van der Waals surface area contributed by atoms with Crippen LogP contribution in [0.4, 0.5) is 11.1 Å². The third-order valence-corrected chi connectivity index (χ3v) is 4.72. The fourth-order valence-corrected chi connectivity index (χ4v) is 3.57. The first-order valence-corrected chi connectivity index (χ1v) is 7.88. The molecule has 0 amide bonds. The van der Waals surface area contributed by atoms with Crippen LogP contribution >= 0.6 is 11.3 Å². The number of rotatable bonds is 2. The number of thiazole rings is 1.